The molecule has 0 aromatic heterocycles. The molecule has 0 amide bonds. The zero-order valence-corrected chi connectivity index (χ0v) is 11.5. The minimum absolute atomic E-state index is 0.205. The molecule has 0 radical (unpaired) electrons. The van der Waals surface area contributed by atoms with Crippen molar-refractivity contribution in [1.82, 2.24) is 0 Å². The van der Waals surface area contributed by atoms with Gasteiger partial charge in [0.1, 0.15) is 6.29 Å². The Balaban J connectivity index is 0. The van der Waals surface area contributed by atoms with E-state index in [9.17, 15) is 9.59 Å². The zero-order valence-electron chi connectivity index (χ0n) is 11.5. The molecule has 0 saturated heterocycles. The lowest BCUT2D eigenvalue weighted by molar-refractivity contribution is -0.149. The largest absolute Gasteiger partial charge is 0.481 e. The van der Waals surface area contributed by atoms with Crippen molar-refractivity contribution in [3.63, 3.8) is 0 Å². The van der Waals surface area contributed by atoms with Crippen molar-refractivity contribution in [2.24, 2.45) is 17.8 Å². The van der Waals surface area contributed by atoms with E-state index in [1.807, 2.05) is 20.8 Å². The van der Waals surface area contributed by atoms with E-state index in [0.717, 1.165) is 6.29 Å². The van der Waals surface area contributed by atoms with Gasteiger partial charge in [0.05, 0.1) is 11.8 Å². The lowest BCUT2D eigenvalue weighted by Crippen LogP contribution is -2.30. The smallest absolute Gasteiger partial charge is 0.306 e. The molecule has 18 heavy (non-hydrogen) atoms. The Morgan fingerprint density at radius 3 is 1.50 bits per heavy atom. The molecule has 1 fully saturated rings. The first kappa shape index (κ1) is 19.0. The maximum atomic E-state index is 10.7. The van der Waals surface area contributed by atoms with Crippen LogP contribution in [0.25, 0.3) is 0 Å². The fourth-order valence-electron chi connectivity index (χ4n) is 2.01. The van der Waals surface area contributed by atoms with Gasteiger partial charge in [-0.05, 0) is 32.1 Å². The zero-order chi connectivity index (χ0) is 14.7. The maximum absolute atomic E-state index is 10.7. The van der Waals surface area contributed by atoms with Crippen LogP contribution in [-0.2, 0) is 14.4 Å². The quantitative estimate of drug-likeness (QED) is 0.744. The van der Waals surface area contributed by atoms with Crippen LogP contribution in [0.1, 0.15) is 47.0 Å². The molecule has 0 aromatic rings. The highest BCUT2D eigenvalue weighted by Crippen LogP contribution is 2.33. The summed E-state index contributed by atoms with van der Waals surface area (Å²) >= 11 is 0. The Morgan fingerprint density at radius 1 is 1.00 bits per heavy atom. The number of carboxylic acid groups (broad SMARTS) is 2. The van der Waals surface area contributed by atoms with Gasteiger partial charge in [-0.3, -0.25) is 9.59 Å². The van der Waals surface area contributed by atoms with E-state index in [1.165, 1.54) is 6.92 Å². The summed E-state index contributed by atoms with van der Waals surface area (Å²) in [6, 6.07) is 0. The normalized spacial score (nSPS) is 25.7. The Morgan fingerprint density at radius 2 is 1.28 bits per heavy atom. The number of carbonyl (C=O) groups is 3. The highest BCUT2D eigenvalue weighted by atomic mass is 16.4. The molecule has 1 aliphatic carbocycles. The Kier molecular flexibility index (Phi) is 11.3. The number of aldehydes is 1. The first-order valence-electron chi connectivity index (χ1n) is 6.27. The summed E-state index contributed by atoms with van der Waals surface area (Å²) < 4.78 is 0. The van der Waals surface area contributed by atoms with Crippen LogP contribution in [0.3, 0.4) is 0 Å². The van der Waals surface area contributed by atoms with Crippen LogP contribution in [0.15, 0.2) is 0 Å². The first-order valence-corrected chi connectivity index (χ1v) is 6.27. The van der Waals surface area contributed by atoms with E-state index in [4.69, 9.17) is 15.0 Å². The third-order valence-electron chi connectivity index (χ3n) is 2.64. The van der Waals surface area contributed by atoms with Gasteiger partial charge < -0.3 is 15.0 Å². The van der Waals surface area contributed by atoms with Gasteiger partial charge >= 0.3 is 11.9 Å². The summed E-state index contributed by atoms with van der Waals surface area (Å²) in [4.78, 5) is 30.2. The number of rotatable bonds is 2. The summed E-state index contributed by atoms with van der Waals surface area (Å²) in [5.41, 5.74) is 0. The van der Waals surface area contributed by atoms with Gasteiger partial charge in [-0.25, -0.2) is 0 Å². The standard InChI is InChI=1S/C9H14O4.C2H4O.C2H6/c1-5-2-6(8(10)11)4-7(3-5)9(12)13;1-2-3;1-2/h5-7H,2-4H2,1H3,(H,10,11)(H,12,13);2H,1H3;1-2H3. The summed E-state index contributed by atoms with van der Waals surface area (Å²) in [7, 11) is 0. The second-order valence-electron chi connectivity index (χ2n) is 4.12. The molecular weight excluding hydrogens is 236 g/mol. The van der Waals surface area contributed by atoms with E-state index in [0.29, 0.717) is 12.8 Å². The number of hydrogen-bond donors (Lipinski definition) is 2. The van der Waals surface area contributed by atoms with Gasteiger partial charge in [0.25, 0.3) is 0 Å². The van der Waals surface area contributed by atoms with Crippen molar-refractivity contribution in [3.05, 3.63) is 0 Å². The number of carboxylic acids is 2. The van der Waals surface area contributed by atoms with E-state index < -0.39 is 23.8 Å². The van der Waals surface area contributed by atoms with Crippen molar-refractivity contribution < 1.29 is 24.6 Å². The van der Waals surface area contributed by atoms with Crippen molar-refractivity contribution >= 4 is 18.2 Å². The molecule has 0 aliphatic heterocycles. The third kappa shape index (κ3) is 7.81. The third-order valence-corrected chi connectivity index (χ3v) is 2.64. The van der Waals surface area contributed by atoms with Crippen molar-refractivity contribution in [3.8, 4) is 0 Å². The first-order chi connectivity index (χ1) is 8.42. The minimum atomic E-state index is -0.863. The second kappa shape index (κ2) is 10.7. The van der Waals surface area contributed by atoms with Crippen LogP contribution in [0.5, 0.6) is 0 Å². The Labute approximate surface area is 108 Å². The number of carbonyl (C=O) groups excluding carboxylic acids is 1. The summed E-state index contributed by atoms with van der Waals surface area (Å²) in [6.45, 7) is 7.35. The average molecular weight is 260 g/mol. The molecule has 0 bridgehead atoms. The molecule has 0 aromatic carbocycles. The molecule has 2 unspecified atom stereocenters. The Hall–Kier alpha value is -1.39. The fraction of sp³-hybridized carbons (Fsp3) is 0.769. The molecule has 1 rings (SSSR count). The van der Waals surface area contributed by atoms with Crippen LogP contribution < -0.4 is 0 Å². The minimum Gasteiger partial charge on any atom is -0.481 e. The highest BCUT2D eigenvalue weighted by molar-refractivity contribution is 5.74. The van der Waals surface area contributed by atoms with Gasteiger partial charge in [0.15, 0.2) is 0 Å². The molecule has 106 valence electrons. The SMILES string of the molecule is CC.CC1CC(C(=O)O)CC(C(=O)O)C1.CC=O. The molecule has 2 atom stereocenters. The lowest BCUT2D eigenvalue weighted by atomic mass is 9.76. The second-order valence-corrected chi connectivity index (χ2v) is 4.12. The number of aliphatic carboxylic acids is 2. The van der Waals surface area contributed by atoms with E-state index >= 15 is 0 Å². The predicted octanol–water partition coefficient (Wildman–Crippen LogP) is 2.44. The van der Waals surface area contributed by atoms with E-state index in [2.05, 4.69) is 0 Å². The monoisotopic (exact) mass is 260 g/mol. The van der Waals surface area contributed by atoms with Gasteiger partial charge in [0.2, 0.25) is 0 Å². The van der Waals surface area contributed by atoms with Crippen LogP contribution in [-0.4, -0.2) is 28.4 Å². The Bertz CT molecular complexity index is 240. The van der Waals surface area contributed by atoms with Crippen LogP contribution in [0.2, 0.25) is 0 Å². The van der Waals surface area contributed by atoms with Gasteiger partial charge in [0, 0.05) is 0 Å². The molecular formula is C13H24O5. The lowest BCUT2D eigenvalue weighted by Gasteiger charge is -2.28. The highest BCUT2D eigenvalue weighted by Gasteiger charge is 2.34. The topological polar surface area (TPSA) is 91.7 Å². The predicted molar refractivity (Wildman–Crippen MR) is 68.4 cm³/mol. The molecule has 5 nitrogen and oxygen atoms in total. The van der Waals surface area contributed by atoms with Crippen molar-refractivity contribution in [1.29, 1.82) is 0 Å². The molecule has 5 heteroatoms. The molecule has 0 heterocycles. The molecule has 1 aliphatic rings. The maximum Gasteiger partial charge on any atom is 0.306 e. The van der Waals surface area contributed by atoms with Gasteiger partial charge in [-0.1, -0.05) is 20.8 Å². The summed E-state index contributed by atoms with van der Waals surface area (Å²) in [5, 5.41) is 17.5. The van der Waals surface area contributed by atoms with Crippen molar-refractivity contribution in [2.75, 3.05) is 0 Å². The van der Waals surface area contributed by atoms with Gasteiger partial charge in [-0.15, -0.1) is 0 Å². The average Bonchev–Trinajstić information content (AvgIpc) is 2.31. The van der Waals surface area contributed by atoms with Crippen LogP contribution in [0.4, 0.5) is 0 Å². The van der Waals surface area contributed by atoms with Crippen molar-refractivity contribution in [2.45, 2.75) is 47.0 Å². The molecule has 1 saturated carbocycles. The number of hydrogen-bond acceptors (Lipinski definition) is 3. The molecule has 0 spiro atoms. The van der Waals surface area contributed by atoms with E-state index in [-0.39, 0.29) is 12.3 Å². The fourth-order valence-corrected chi connectivity index (χ4v) is 2.01. The van der Waals surface area contributed by atoms with Gasteiger partial charge in [-0.2, -0.15) is 0 Å². The summed E-state index contributed by atoms with van der Waals surface area (Å²) in [6.07, 6.45) is 2.26. The molecule has 2 N–H and O–H groups in total. The van der Waals surface area contributed by atoms with E-state index in [1.54, 1.807) is 0 Å². The summed E-state index contributed by atoms with van der Waals surface area (Å²) in [5.74, 6) is -2.46. The van der Waals surface area contributed by atoms with Crippen LogP contribution in [0, 0.1) is 17.8 Å². The van der Waals surface area contributed by atoms with Crippen LogP contribution >= 0.6 is 0 Å².